The molecule has 0 fully saturated rings. The van der Waals surface area contributed by atoms with Crippen LogP contribution in [0.1, 0.15) is 6.92 Å². The Kier molecular flexibility index (Phi) is 5.08. The fraction of sp³-hybridized carbons (Fsp3) is 0.133. The summed E-state index contributed by atoms with van der Waals surface area (Å²) < 4.78 is 5.23. The zero-order valence-electron chi connectivity index (χ0n) is 12.2. The molecule has 8 heteroatoms. The number of amides is 1. The lowest BCUT2D eigenvalue weighted by molar-refractivity contribution is -0.384. The second kappa shape index (κ2) is 6.85. The van der Waals surface area contributed by atoms with E-state index in [-0.39, 0.29) is 21.4 Å². The SMILES string of the molecule is COc1ccccc1N(C(C)=O)c1cc(Cl)c(Cl)cc1[N+](=O)[O-]. The van der Waals surface area contributed by atoms with E-state index in [4.69, 9.17) is 27.9 Å². The fourth-order valence-electron chi connectivity index (χ4n) is 2.13. The van der Waals surface area contributed by atoms with Crippen molar-refractivity contribution in [2.24, 2.45) is 0 Å². The molecular formula is C15H12Cl2N2O4. The number of carbonyl (C=O) groups is 1. The second-order valence-corrected chi connectivity index (χ2v) is 5.35. The molecule has 0 aliphatic heterocycles. The van der Waals surface area contributed by atoms with Gasteiger partial charge in [0.25, 0.3) is 5.69 Å². The van der Waals surface area contributed by atoms with Gasteiger partial charge < -0.3 is 4.74 Å². The van der Waals surface area contributed by atoms with Gasteiger partial charge in [-0.25, -0.2) is 0 Å². The number of halogens is 2. The number of rotatable bonds is 4. The standard InChI is InChI=1S/C15H12Cl2N2O4/c1-9(20)18(12-5-3-4-6-15(12)23-2)13-7-10(16)11(17)8-14(13)19(21)22/h3-8H,1-2H3. The minimum absolute atomic E-state index is 0.0152. The molecular weight excluding hydrogens is 343 g/mol. The Hall–Kier alpha value is -2.31. The van der Waals surface area contributed by atoms with Crippen LogP contribution in [0.3, 0.4) is 0 Å². The zero-order chi connectivity index (χ0) is 17.1. The number of carbonyl (C=O) groups excluding carboxylic acids is 1. The van der Waals surface area contributed by atoms with Crippen molar-refractivity contribution in [3.63, 3.8) is 0 Å². The topological polar surface area (TPSA) is 72.7 Å². The van der Waals surface area contributed by atoms with Gasteiger partial charge in [0.2, 0.25) is 5.91 Å². The Morgan fingerprint density at radius 2 is 1.78 bits per heavy atom. The molecule has 0 saturated heterocycles. The van der Waals surface area contributed by atoms with Crippen LogP contribution >= 0.6 is 23.2 Å². The molecule has 2 aromatic rings. The Balaban J connectivity index is 2.75. The summed E-state index contributed by atoms with van der Waals surface area (Å²) in [6, 6.07) is 9.09. The summed E-state index contributed by atoms with van der Waals surface area (Å²) in [5.74, 6) is -0.0425. The highest BCUT2D eigenvalue weighted by molar-refractivity contribution is 6.42. The lowest BCUT2D eigenvalue weighted by atomic mass is 10.2. The van der Waals surface area contributed by atoms with E-state index in [0.717, 1.165) is 6.07 Å². The van der Waals surface area contributed by atoms with Crippen molar-refractivity contribution < 1.29 is 14.5 Å². The minimum Gasteiger partial charge on any atom is -0.495 e. The maximum absolute atomic E-state index is 12.2. The molecule has 0 aliphatic carbocycles. The number of anilines is 2. The number of methoxy groups -OCH3 is 1. The fourth-order valence-corrected chi connectivity index (χ4v) is 2.45. The van der Waals surface area contributed by atoms with Crippen molar-refractivity contribution in [1.29, 1.82) is 0 Å². The van der Waals surface area contributed by atoms with E-state index in [9.17, 15) is 14.9 Å². The van der Waals surface area contributed by atoms with E-state index in [2.05, 4.69) is 0 Å². The van der Waals surface area contributed by atoms with Crippen molar-refractivity contribution in [2.75, 3.05) is 12.0 Å². The molecule has 120 valence electrons. The van der Waals surface area contributed by atoms with Gasteiger partial charge in [-0.05, 0) is 18.2 Å². The van der Waals surface area contributed by atoms with Crippen LogP contribution in [0.25, 0.3) is 0 Å². The molecule has 0 spiro atoms. The number of hydrogen-bond acceptors (Lipinski definition) is 4. The first-order chi connectivity index (χ1) is 10.9. The largest absolute Gasteiger partial charge is 0.495 e. The van der Waals surface area contributed by atoms with Gasteiger partial charge in [-0.2, -0.15) is 0 Å². The van der Waals surface area contributed by atoms with E-state index >= 15 is 0 Å². The molecule has 1 amide bonds. The third kappa shape index (κ3) is 3.38. The lowest BCUT2D eigenvalue weighted by Gasteiger charge is -2.23. The van der Waals surface area contributed by atoms with Crippen LogP contribution < -0.4 is 9.64 Å². The molecule has 2 rings (SSSR count). The molecule has 0 saturated carbocycles. The maximum atomic E-state index is 12.2. The average Bonchev–Trinajstić information content (AvgIpc) is 2.50. The van der Waals surface area contributed by atoms with Crippen LogP contribution in [0.4, 0.5) is 17.1 Å². The highest BCUT2D eigenvalue weighted by Crippen LogP contribution is 2.42. The van der Waals surface area contributed by atoms with Crippen molar-refractivity contribution in [3.8, 4) is 5.75 Å². The van der Waals surface area contributed by atoms with Crippen LogP contribution in [-0.2, 0) is 4.79 Å². The van der Waals surface area contributed by atoms with Crippen molar-refractivity contribution >= 4 is 46.2 Å². The molecule has 0 bridgehead atoms. The highest BCUT2D eigenvalue weighted by atomic mass is 35.5. The van der Waals surface area contributed by atoms with Crippen molar-refractivity contribution in [2.45, 2.75) is 6.92 Å². The summed E-state index contributed by atoms with van der Waals surface area (Å²) >= 11 is 11.8. The van der Waals surface area contributed by atoms with Gasteiger partial charge in [0.1, 0.15) is 11.4 Å². The van der Waals surface area contributed by atoms with Crippen LogP contribution in [0.2, 0.25) is 10.0 Å². The van der Waals surface area contributed by atoms with Crippen molar-refractivity contribution in [3.05, 3.63) is 56.6 Å². The number of ether oxygens (including phenoxy) is 1. The van der Waals surface area contributed by atoms with Crippen molar-refractivity contribution in [1.82, 2.24) is 0 Å². The van der Waals surface area contributed by atoms with Crippen LogP contribution in [0.5, 0.6) is 5.75 Å². The van der Waals surface area contributed by atoms with Gasteiger partial charge in [-0.1, -0.05) is 35.3 Å². The molecule has 2 aromatic carbocycles. The third-order valence-electron chi connectivity index (χ3n) is 3.10. The van der Waals surface area contributed by atoms with Gasteiger partial charge in [0.15, 0.2) is 0 Å². The molecule has 6 nitrogen and oxygen atoms in total. The van der Waals surface area contributed by atoms with Crippen LogP contribution in [0, 0.1) is 10.1 Å². The predicted octanol–water partition coefficient (Wildman–Crippen LogP) is 4.59. The summed E-state index contributed by atoms with van der Waals surface area (Å²) in [7, 11) is 1.44. The monoisotopic (exact) mass is 354 g/mol. The van der Waals surface area contributed by atoms with E-state index in [1.54, 1.807) is 24.3 Å². The molecule has 0 aliphatic rings. The van der Waals surface area contributed by atoms with Gasteiger partial charge >= 0.3 is 0 Å². The van der Waals surface area contributed by atoms with Gasteiger partial charge in [-0.3, -0.25) is 19.8 Å². The minimum atomic E-state index is -0.622. The molecule has 0 N–H and O–H groups in total. The summed E-state index contributed by atoms with van der Waals surface area (Å²) in [5.41, 5.74) is 0.0471. The second-order valence-electron chi connectivity index (χ2n) is 4.54. The number of nitro groups is 1. The molecule has 23 heavy (non-hydrogen) atoms. The Labute approximate surface area is 142 Å². The zero-order valence-corrected chi connectivity index (χ0v) is 13.8. The predicted molar refractivity (Wildman–Crippen MR) is 88.9 cm³/mol. The molecule has 0 heterocycles. The van der Waals surface area contributed by atoms with E-state index in [0.29, 0.717) is 11.4 Å². The number of benzene rings is 2. The van der Waals surface area contributed by atoms with Gasteiger partial charge in [0.05, 0.1) is 27.8 Å². The first-order valence-electron chi connectivity index (χ1n) is 6.44. The van der Waals surface area contributed by atoms with Gasteiger partial charge in [0, 0.05) is 13.0 Å². The maximum Gasteiger partial charge on any atom is 0.294 e. The Morgan fingerprint density at radius 1 is 1.17 bits per heavy atom. The summed E-state index contributed by atoms with van der Waals surface area (Å²) in [4.78, 5) is 24.0. The number of nitrogens with zero attached hydrogens (tertiary/aromatic N) is 2. The first-order valence-corrected chi connectivity index (χ1v) is 7.19. The lowest BCUT2D eigenvalue weighted by Crippen LogP contribution is -2.24. The summed E-state index contributed by atoms with van der Waals surface area (Å²) in [5, 5.41) is 11.5. The Morgan fingerprint density at radius 3 is 2.35 bits per heavy atom. The van der Waals surface area contributed by atoms with E-state index in [1.165, 1.54) is 25.0 Å². The smallest absolute Gasteiger partial charge is 0.294 e. The highest BCUT2D eigenvalue weighted by Gasteiger charge is 2.27. The molecule has 0 aromatic heterocycles. The van der Waals surface area contributed by atoms with E-state index < -0.39 is 10.8 Å². The summed E-state index contributed by atoms with van der Waals surface area (Å²) in [6.07, 6.45) is 0. The molecule has 0 unspecified atom stereocenters. The Bertz CT molecular complexity index is 780. The normalized spacial score (nSPS) is 10.3. The van der Waals surface area contributed by atoms with Crippen LogP contribution in [-0.4, -0.2) is 17.9 Å². The molecule has 0 radical (unpaired) electrons. The molecule has 0 atom stereocenters. The number of hydrogen-bond donors (Lipinski definition) is 0. The van der Waals surface area contributed by atoms with Crippen LogP contribution in [0.15, 0.2) is 36.4 Å². The average molecular weight is 355 g/mol. The summed E-state index contributed by atoms with van der Waals surface area (Å²) in [6.45, 7) is 1.29. The van der Waals surface area contributed by atoms with E-state index in [1.807, 2.05) is 0 Å². The number of nitro benzene ring substituents is 1. The van der Waals surface area contributed by atoms with Gasteiger partial charge in [-0.15, -0.1) is 0 Å². The first kappa shape index (κ1) is 17.1. The third-order valence-corrected chi connectivity index (χ3v) is 3.82. The number of para-hydroxylation sites is 2. The quantitative estimate of drug-likeness (QED) is 0.594.